The Balaban J connectivity index is 1.76. The van der Waals surface area contributed by atoms with Gasteiger partial charge in [0, 0.05) is 0 Å². The van der Waals surface area contributed by atoms with E-state index in [1.54, 1.807) is 12.1 Å². The van der Waals surface area contributed by atoms with Crippen LogP contribution in [0.5, 0.6) is 11.5 Å². The minimum absolute atomic E-state index is 0.0343. The summed E-state index contributed by atoms with van der Waals surface area (Å²) < 4.78 is 5.96. The first-order valence-corrected chi connectivity index (χ1v) is 9.67. The van der Waals surface area contributed by atoms with Gasteiger partial charge in [0.05, 0.1) is 18.2 Å². The van der Waals surface area contributed by atoms with Crippen molar-refractivity contribution < 1.29 is 14.3 Å². The van der Waals surface area contributed by atoms with Gasteiger partial charge in [0.15, 0.2) is 5.75 Å². The van der Waals surface area contributed by atoms with Gasteiger partial charge in [0.25, 0.3) is 0 Å². The van der Waals surface area contributed by atoms with Crippen LogP contribution >= 0.6 is 0 Å². The van der Waals surface area contributed by atoms with Gasteiger partial charge in [-0.05, 0) is 54.8 Å². The van der Waals surface area contributed by atoms with Crippen molar-refractivity contribution >= 4 is 17.6 Å². The van der Waals surface area contributed by atoms with Gasteiger partial charge in [0.1, 0.15) is 5.75 Å². The molecule has 0 aliphatic heterocycles. The number of hydrogen-bond donors (Lipinski definition) is 3. The zero-order chi connectivity index (χ0) is 21.5. The molecule has 1 unspecified atom stereocenters. The van der Waals surface area contributed by atoms with Crippen LogP contribution in [-0.2, 0) is 4.79 Å². The highest BCUT2D eigenvalue weighted by atomic mass is 16.5. The zero-order valence-electron chi connectivity index (χ0n) is 17.0. The fraction of sp³-hybridized carbons (Fsp3) is 0.167. The summed E-state index contributed by atoms with van der Waals surface area (Å²) in [5.74, 6) is 0.953. The van der Waals surface area contributed by atoms with E-state index in [0.717, 1.165) is 16.7 Å². The normalized spacial score (nSPS) is 11.4. The molecule has 0 aliphatic carbocycles. The number of aryl methyl sites for hydroxylation is 2. The number of anilines is 1. The number of ether oxygens (including phenoxy) is 1. The molecule has 0 saturated heterocycles. The number of nitrogens with two attached hydrogens (primary N) is 1. The molecular weight excluding hydrogens is 378 g/mol. The summed E-state index contributed by atoms with van der Waals surface area (Å²) in [6.07, 6.45) is 0.0343. The van der Waals surface area contributed by atoms with Crippen molar-refractivity contribution in [1.82, 2.24) is 5.32 Å². The summed E-state index contributed by atoms with van der Waals surface area (Å²) in [5, 5.41) is 5.54. The minimum atomic E-state index is -0.681. The molecule has 6 heteroatoms. The highest BCUT2D eigenvalue weighted by molar-refractivity contribution is 5.93. The number of hydrogen-bond acceptors (Lipinski definition) is 3. The summed E-state index contributed by atoms with van der Waals surface area (Å²) in [6, 6.07) is 21.2. The quantitative estimate of drug-likeness (QED) is 0.527. The molecule has 0 fully saturated rings. The van der Waals surface area contributed by atoms with Gasteiger partial charge in [-0.15, -0.1) is 0 Å². The summed E-state index contributed by atoms with van der Waals surface area (Å²) in [4.78, 5) is 24.3. The molecule has 4 N–H and O–H groups in total. The molecule has 3 aromatic carbocycles. The van der Waals surface area contributed by atoms with Gasteiger partial charge >= 0.3 is 6.03 Å². The van der Waals surface area contributed by atoms with Crippen LogP contribution in [0.25, 0.3) is 0 Å². The standard InChI is InChI=1S/C24H25N3O3/c1-16-8-7-10-18(14-16)30-22-13-6-5-12-20(22)26-23(28)15-21(27-24(25)29)19-11-4-3-9-17(19)2/h3-14,21H,15H2,1-2H3,(H,26,28)(H3,25,27,29). The van der Waals surface area contributed by atoms with Crippen molar-refractivity contribution in [3.8, 4) is 11.5 Å². The van der Waals surface area contributed by atoms with Gasteiger partial charge in [-0.3, -0.25) is 4.79 Å². The molecule has 0 aromatic heterocycles. The summed E-state index contributed by atoms with van der Waals surface area (Å²) >= 11 is 0. The minimum Gasteiger partial charge on any atom is -0.455 e. The number of para-hydroxylation sites is 2. The Morgan fingerprint density at radius 1 is 0.967 bits per heavy atom. The van der Waals surface area contributed by atoms with Crippen molar-refractivity contribution in [1.29, 1.82) is 0 Å². The first kappa shape index (κ1) is 20.9. The van der Waals surface area contributed by atoms with Crippen molar-refractivity contribution in [2.75, 3.05) is 5.32 Å². The SMILES string of the molecule is Cc1cccc(Oc2ccccc2NC(=O)CC(NC(N)=O)c2ccccc2C)c1. The molecule has 0 spiro atoms. The number of nitrogens with one attached hydrogen (secondary N) is 2. The lowest BCUT2D eigenvalue weighted by Gasteiger charge is -2.20. The average Bonchev–Trinajstić information content (AvgIpc) is 2.69. The molecule has 0 saturated carbocycles. The Bertz CT molecular complexity index is 1050. The average molecular weight is 403 g/mol. The monoisotopic (exact) mass is 403 g/mol. The van der Waals surface area contributed by atoms with E-state index < -0.39 is 12.1 Å². The topological polar surface area (TPSA) is 93.4 Å². The van der Waals surface area contributed by atoms with E-state index in [4.69, 9.17) is 10.5 Å². The maximum absolute atomic E-state index is 12.8. The van der Waals surface area contributed by atoms with Crippen LogP contribution in [0.15, 0.2) is 72.8 Å². The fourth-order valence-electron chi connectivity index (χ4n) is 3.24. The van der Waals surface area contributed by atoms with Crippen molar-refractivity contribution in [3.63, 3.8) is 0 Å². The Morgan fingerprint density at radius 3 is 2.43 bits per heavy atom. The Kier molecular flexibility index (Phi) is 6.70. The zero-order valence-corrected chi connectivity index (χ0v) is 17.0. The van der Waals surface area contributed by atoms with E-state index in [1.807, 2.05) is 74.5 Å². The largest absolute Gasteiger partial charge is 0.455 e. The summed E-state index contributed by atoms with van der Waals surface area (Å²) in [5.41, 5.74) is 8.76. The molecule has 0 bridgehead atoms. The van der Waals surface area contributed by atoms with Crippen LogP contribution < -0.4 is 21.1 Å². The van der Waals surface area contributed by atoms with Crippen molar-refractivity contribution in [3.05, 3.63) is 89.5 Å². The lowest BCUT2D eigenvalue weighted by Crippen LogP contribution is -2.35. The van der Waals surface area contributed by atoms with E-state index in [2.05, 4.69) is 10.6 Å². The molecular formula is C24H25N3O3. The maximum Gasteiger partial charge on any atom is 0.312 e. The smallest absolute Gasteiger partial charge is 0.312 e. The molecule has 0 aliphatic rings. The molecule has 3 aromatic rings. The number of benzene rings is 3. The molecule has 0 heterocycles. The van der Waals surface area contributed by atoms with Gasteiger partial charge in [-0.1, -0.05) is 48.5 Å². The van der Waals surface area contributed by atoms with E-state index >= 15 is 0 Å². The van der Waals surface area contributed by atoms with Crippen LogP contribution in [-0.4, -0.2) is 11.9 Å². The van der Waals surface area contributed by atoms with Crippen molar-refractivity contribution in [2.45, 2.75) is 26.3 Å². The molecule has 3 rings (SSSR count). The van der Waals surface area contributed by atoms with Crippen LogP contribution in [0.4, 0.5) is 10.5 Å². The van der Waals surface area contributed by atoms with E-state index in [-0.39, 0.29) is 12.3 Å². The lowest BCUT2D eigenvalue weighted by atomic mass is 9.98. The van der Waals surface area contributed by atoms with Gasteiger partial charge in [0.2, 0.25) is 5.91 Å². The van der Waals surface area contributed by atoms with E-state index in [1.165, 1.54) is 0 Å². The first-order chi connectivity index (χ1) is 14.4. The van der Waals surface area contributed by atoms with E-state index in [9.17, 15) is 9.59 Å². The van der Waals surface area contributed by atoms with Crippen molar-refractivity contribution in [2.24, 2.45) is 5.73 Å². The molecule has 30 heavy (non-hydrogen) atoms. The fourth-order valence-corrected chi connectivity index (χ4v) is 3.24. The second kappa shape index (κ2) is 9.60. The third kappa shape index (κ3) is 5.61. The second-order valence-electron chi connectivity index (χ2n) is 7.08. The van der Waals surface area contributed by atoms with E-state index in [0.29, 0.717) is 17.2 Å². The number of primary amides is 1. The third-order valence-corrected chi connectivity index (χ3v) is 4.65. The maximum atomic E-state index is 12.8. The van der Waals surface area contributed by atoms with Gasteiger partial charge < -0.3 is 21.1 Å². The lowest BCUT2D eigenvalue weighted by molar-refractivity contribution is -0.116. The Hall–Kier alpha value is -3.80. The van der Waals surface area contributed by atoms with Gasteiger partial charge in [-0.2, -0.15) is 0 Å². The molecule has 0 radical (unpaired) electrons. The second-order valence-corrected chi connectivity index (χ2v) is 7.08. The molecule has 1 atom stereocenters. The summed E-state index contributed by atoms with van der Waals surface area (Å²) in [6.45, 7) is 3.91. The van der Waals surface area contributed by atoms with Crippen LogP contribution in [0.3, 0.4) is 0 Å². The van der Waals surface area contributed by atoms with Crippen LogP contribution in [0.2, 0.25) is 0 Å². The predicted molar refractivity (Wildman–Crippen MR) is 118 cm³/mol. The molecule has 6 nitrogen and oxygen atoms in total. The number of urea groups is 1. The number of carbonyl (C=O) groups is 2. The Labute approximate surface area is 176 Å². The number of rotatable bonds is 7. The van der Waals surface area contributed by atoms with Crippen LogP contribution in [0, 0.1) is 13.8 Å². The highest BCUT2D eigenvalue weighted by Gasteiger charge is 2.20. The molecule has 154 valence electrons. The number of carbonyl (C=O) groups excluding carboxylic acids is 2. The Morgan fingerprint density at radius 2 is 1.70 bits per heavy atom. The predicted octanol–water partition coefficient (Wildman–Crippen LogP) is 4.83. The third-order valence-electron chi connectivity index (χ3n) is 4.65. The highest BCUT2D eigenvalue weighted by Crippen LogP contribution is 2.30. The summed E-state index contributed by atoms with van der Waals surface area (Å²) in [7, 11) is 0. The molecule has 3 amide bonds. The van der Waals surface area contributed by atoms with Crippen LogP contribution in [0.1, 0.15) is 29.2 Å². The van der Waals surface area contributed by atoms with Gasteiger partial charge in [-0.25, -0.2) is 4.79 Å². The first-order valence-electron chi connectivity index (χ1n) is 9.67. The number of amides is 3.